The lowest BCUT2D eigenvalue weighted by molar-refractivity contribution is 0.940. The Labute approximate surface area is 97.0 Å². The summed E-state index contributed by atoms with van der Waals surface area (Å²) < 4.78 is 1.67. The van der Waals surface area contributed by atoms with Gasteiger partial charge in [-0.05, 0) is 18.2 Å². The van der Waals surface area contributed by atoms with Gasteiger partial charge in [-0.25, -0.2) is 9.50 Å². The summed E-state index contributed by atoms with van der Waals surface area (Å²) in [5, 5.41) is 13.1. The van der Waals surface area contributed by atoms with Gasteiger partial charge in [0.05, 0.1) is 17.5 Å². The predicted octanol–water partition coefficient (Wildman–Crippen LogP) is 1.66. The van der Waals surface area contributed by atoms with Gasteiger partial charge in [0.25, 0.3) is 0 Å². The fraction of sp³-hybridized carbons (Fsp3) is 0. The van der Waals surface area contributed by atoms with Crippen molar-refractivity contribution < 1.29 is 0 Å². The molecule has 0 bridgehead atoms. The lowest BCUT2D eigenvalue weighted by Gasteiger charge is -2.02. The SMILES string of the molecule is N#Cc1cccnc1-c1ccn2nccc2n1. The molecule has 3 heterocycles. The smallest absolute Gasteiger partial charge is 0.155 e. The third-order valence-corrected chi connectivity index (χ3v) is 2.43. The first-order valence-electron chi connectivity index (χ1n) is 5.04. The van der Waals surface area contributed by atoms with E-state index in [0.29, 0.717) is 17.0 Å². The molecule has 0 unspecified atom stereocenters. The zero-order valence-corrected chi connectivity index (χ0v) is 8.78. The number of fused-ring (bicyclic) bond motifs is 1. The van der Waals surface area contributed by atoms with Crippen molar-refractivity contribution in [1.82, 2.24) is 19.6 Å². The molecule has 0 N–H and O–H groups in total. The Balaban J connectivity index is 2.23. The molecular weight excluding hydrogens is 214 g/mol. The number of hydrogen-bond donors (Lipinski definition) is 0. The second-order valence-corrected chi connectivity index (χ2v) is 3.46. The Hall–Kier alpha value is -2.74. The van der Waals surface area contributed by atoms with Gasteiger partial charge in [0.1, 0.15) is 11.8 Å². The maximum atomic E-state index is 9.02. The molecule has 0 atom stereocenters. The molecule has 0 aliphatic heterocycles. The summed E-state index contributed by atoms with van der Waals surface area (Å²) in [4.78, 5) is 8.60. The molecule has 0 amide bonds. The number of nitrogens with zero attached hydrogens (tertiary/aromatic N) is 5. The van der Waals surface area contributed by atoms with E-state index in [9.17, 15) is 0 Å². The average molecular weight is 221 g/mol. The molecule has 0 spiro atoms. The quantitative estimate of drug-likeness (QED) is 0.626. The summed E-state index contributed by atoms with van der Waals surface area (Å²) in [6, 6.07) is 9.17. The van der Waals surface area contributed by atoms with Crippen molar-refractivity contribution >= 4 is 5.65 Å². The molecule has 0 aromatic carbocycles. The van der Waals surface area contributed by atoms with Crippen molar-refractivity contribution in [1.29, 1.82) is 5.26 Å². The molecular formula is C12H7N5. The third kappa shape index (κ3) is 1.52. The topological polar surface area (TPSA) is 66.9 Å². The van der Waals surface area contributed by atoms with Crippen LogP contribution in [-0.4, -0.2) is 19.6 Å². The molecule has 5 heteroatoms. The Morgan fingerprint density at radius 3 is 3.00 bits per heavy atom. The molecule has 3 aromatic heterocycles. The van der Waals surface area contributed by atoms with Crippen LogP contribution in [0.2, 0.25) is 0 Å². The molecule has 3 aromatic rings. The highest BCUT2D eigenvalue weighted by Gasteiger charge is 2.07. The monoisotopic (exact) mass is 221 g/mol. The number of aromatic nitrogens is 4. The first-order chi connectivity index (χ1) is 8.38. The van der Waals surface area contributed by atoms with E-state index in [1.165, 1.54) is 0 Å². The first-order valence-corrected chi connectivity index (χ1v) is 5.04. The Bertz CT molecular complexity index is 723. The number of pyridine rings is 1. The molecule has 80 valence electrons. The summed E-state index contributed by atoms with van der Waals surface area (Å²) >= 11 is 0. The molecule has 0 aliphatic carbocycles. The van der Waals surface area contributed by atoms with Crippen LogP contribution in [0.15, 0.2) is 42.9 Å². The van der Waals surface area contributed by atoms with E-state index >= 15 is 0 Å². The Morgan fingerprint density at radius 1 is 1.18 bits per heavy atom. The standard InChI is InChI=1S/C12H7N5/c13-8-9-2-1-5-14-12(9)10-4-7-17-11(16-10)3-6-15-17/h1-7H. The minimum Gasteiger partial charge on any atom is -0.253 e. The predicted molar refractivity (Wildman–Crippen MR) is 60.9 cm³/mol. The van der Waals surface area contributed by atoms with Crippen LogP contribution in [0.4, 0.5) is 0 Å². The van der Waals surface area contributed by atoms with Crippen molar-refractivity contribution in [3.63, 3.8) is 0 Å². The maximum absolute atomic E-state index is 9.02. The van der Waals surface area contributed by atoms with Crippen LogP contribution < -0.4 is 0 Å². The lowest BCUT2D eigenvalue weighted by atomic mass is 10.1. The molecule has 0 saturated carbocycles. The van der Waals surface area contributed by atoms with Crippen LogP contribution in [0.25, 0.3) is 17.0 Å². The van der Waals surface area contributed by atoms with Gasteiger partial charge in [0.2, 0.25) is 0 Å². The zero-order chi connectivity index (χ0) is 11.7. The van der Waals surface area contributed by atoms with E-state index in [4.69, 9.17) is 5.26 Å². The third-order valence-electron chi connectivity index (χ3n) is 2.43. The van der Waals surface area contributed by atoms with E-state index in [-0.39, 0.29) is 0 Å². The molecule has 17 heavy (non-hydrogen) atoms. The van der Waals surface area contributed by atoms with Gasteiger partial charge < -0.3 is 0 Å². The molecule has 0 fully saturated rings. The first kappa shape index (κ1) is 9.48. The van der Waals surface area contributed by atoms with Crippen molar-refractivity contribution in [3.8, 4) is 17.5 Å². The summed E-state index contributed by atoms with van der Waals surface area (Å²) in [6.45, 7) is 0. The number of rotatable bonds is 1. The second kappa shape index (κ2) is 3.68. The highest BCUT2D eigenvalue weighted by atomic mass is 15.2. The van der Waals surface area contributed by atoms with E-state index in [1.807, 2.05) is 0 Å². The van der Waals surface area contributed by atoms with Crippen LogP contribution in [-0.2, 0) is 0 Å². The minimum absolute atomic E-state index is 0.517. The average Bonchev–Trinajstić information content (AvgIpc) is 2.85. The van der Waals surface area contributed by atoms with Gasteiger partial charge >= 0.3 is 0 Å². The highest BCUT2D eigenvalue weighted by Crippen LogP contribution is 2.18. The van der Waals surface area contributed by atoms with Crippen LogP contribution in [0.1, 0.15) is 5.56 Å². The van der Waals surface area contributed by atoms with Gasteiger partial charge in [-0.15, -0.1) is 0 Å². The van der Waals surface area contributed by atoms with E-state index in [1.54, 1.807) is 47.4 Å². The second-order valence-electron chi connectivity index (χ2n) is 3.46. The lowest BCUT2D eigenvalue weighted by Crippen LogP contribution is -1.95. The number of hydrogen-bond acceptors (Lipinski definition) is 4. The molecule has 5 nitrogen and oxygen atoms in total. The van der Waals surface area contributed by atoms with Crippen molar-refractivity contribution in [2.75, 3.05) is 0 Å². The summed E-state index contributed by atoms with van der Waals surface area (Å²) in [6.07, 6.45) is 5.13. The van der Waals surface area contributed by atoms with Gasteiger partial charge in [0.15, 0.2) is 5.65 Å². The summed E-state index contributed by atoms with van der Waals surface area (Å²) in [5.41, 5.74) is 2.52. The van der Waals surface area contributed by atoms with Gasteiger partial charge in [0, 0.05) is 18.5 Å². The van der Waals surface area contributed by atoms with Crippen LogP contribution >= 0.6 is 0 Å². The summed E-state index contributed by atoms with van der Waals surface area (Å²) in [5.74, 6) is 0. The maximum Gasteiger partial charge on any atom is 0.155 e. The molecule has 0 saturated heterocycles. The van der Waals surface area contributed by atoms with Crippen molar-refractivity contribution in [2.45, 2.75) is 0 Å². The van der Waals surface area contributed by atoms with E-state index in [0.717, 1.165) is 5.65 Å². The largest absolute Gasteiger partial charge is 0.253 e. The molecule has 3 rings (SSSR count). The fourth-order valence-electron chi connectivity index (χ4n) is 1.64. The molecule has 0 radical (unpaired) electrons. The Morgan fingerprint density at radius 2 is 2.12 bits per heavy atom. The van der Waals surface area contributed by atoms with Crippen molar-refractivity contribution in [3.05, 3.63) is 48.4 Å². The zero-order valence-electron chi connectivity index (χ0n) is 8.78. The van der Waals surface area contributed by atoms with E-state index < -0.39 is 0 Å². The number of nitriles is 1. The van der Waals surface area contributed by atoms with Gasteiger partial charge in [-0.3, -0.25) is 4.98 Å². The van der Waals surface area contributed by atoms with Crippen molar-refractivity contribution in [2.24, 2.45) is 0 Å². The fourth-order valence-corrected chi connectivity index (χ4v) is 1.64. The molecule has 0 aliphatic rings. The normalized spacial score (nSPS) is 10.3. The minimum atomic E-state index is 0.517. The van der Waals surface area contributed by atoms with E-state index in [2.05, 4.69) is 21.1 Å². The van der Waals surface area contributed by atoms with Gasteiger partial charge in [-0.1, -0.05) is 0 Å². The Kier molecular flexibility index (Phi) is 2.06. The van der Waals surface area contributed by atoms with Crippen LogP contribution in [0.3, 0.4) is 0 Å². The van der Waals surface area contributed by atoms with Crippen LogP contribution in [0, 0.1) is 11.3 Å². The van der Waals surface area contributed by atoms with Gasteiger partial charge in [-0.2, -0.15) is 10.4 Å². The highest BCUT2D eigenvalue weighted by molar-refractivity contribution is 5.64. The summed E-state index contributed by atoms with van der Waals surface area (Å²) in [7, 11) is 0. The van der Waals surface area contributed by atoms with Crippen LogP contribution in [0.5, 0.6) is 0 Å².